The van der Waals surface area contributed by atoms with Crippen molar-refractivity contribution in [3.8, 4) is 0 Å². The number of rotatable bonds is 14. The van der Waals surface area contributed by atoms with Gasteiger partial charge < -0.3 is 14.2 Å². The molecular formula is C32H54O5. The molecule has 212 valence electrons. The van der Waals surface area contributed by atoms with E-state index in [1.807, 2.05) is 0 Å². The molecule has 0 bridgehead atoms. The molecule has 37 heavy (non-hydrogen) atoms. The van der Waals surface area contributed by atoms with Gasteiger partial charge in [-0.2, -0.15) is 0 Å². The van der Waals surface area contributed by atoms with E-state index in [1.165, 1.54) is 77.0 Å². The lowest BCUT2D eigenvalue weighted by molar-refractivity contribution is -0.165. The summed E-state index contributed by atoms with van der Waals surface area (Å²) >= 11 is 0. The van der Waals surface area contributed by atoms with E-state index in [0.717, 1.165) is 68.3 Å². The number of carbonyl (C=O) groups is 2. The fourth-order valence-corrected chi connectivity index (χ4v) is 7.15. The summed E-state index contributed by atoms with van der Waals surface area (Å²) in [6.45, 7) is 8.10. The Morgan fingerprint density at radius 3 is 2.08 bits per heavy atom. The Morgan fingerprint density at radius 2 is 1.46 bits per heavy atom. The minimum Gasteiger partial charge on any atom is -0.462 e. The first kappa shape index (κ1) is 30.2. The number of unbranched alkanes of at least 4 members (excludes halogenated alkanes) is 3. The minimum atomic E-state index is -0.469. The van der Waals surface area contributed by atoms with Crippen LogP contribution >= 0.6 is 0 Å². The van der Waals surface area contributed by atoms with Gasteiger partial charge in [0.25, 0.3) is 0 Å². The van der Waals surface area contributed by atoms with E-state index in [0.29, 0.717) is 0 Å². The van der Waals surface area contributed by atoms with Crippen LogP contribution in [0.5, 0.6) is 0 Å². The third-order valence-electron chi connectivity index (χ3n) is 9.53. The first-order chi connectivity index (χ1) is 18.0. The second-order valence-corrected chi connectivity index (χ2v) is 12.4. The Kier molecular flexibility index (Phi) is 13.5. The average Bonchev–Trinajstić information content (AvgIpc) is 2.92. The molecule has 1 unspecified atom stereocenters. The van der Waals surface area contributed by atoms with Gasteiger partial charge in [-0.1, -0.05) is 65.4 Å². The van der Waals surface area contributed by atoms with E-state index in [4.69, 9.17) is 14.2 Å². The Labute approximate surface area is 226 Å². The van der Waals surface area contributed by atoms with Crippen LogP contribution in [0.15, 0.2) is 12.7 Å². The normalized spacial score (nSPS) is 31.3. The zero-order chi connectivity index (χ0) is 26.5. The molecule has 0 aromatic heterocycles. The van der Waals surface area contributed by atoms with Gasteiger partial charge in [-0.3, -0.25) is 4.79 Å². The van der Waals surface area contributed by atoms with Crippen molar-refractivity contribution in [3.05, 3.63) is 12.7 Å². The Balaban J connectivity index is 1.25. The summed E-state index contributed by atoms with van der Waals surface area (Å²) < 4.78 is 16.4. The minimum absolute atomic E-state index is 0.00473. The molecule has 3 saturated carbocycles. The van der Waals surface area contributed by atoms with Crippen LogP contribution in [0.25, 0.3) is 0 Å². The first-order valence-electron chi connectivity index (χ1n) is 15.6. The van der Waals surface area contributed by atoms with Gasteiger partial charge in [0, 0.05) is 6.08 Å². The lowest BCUT2D eigenvalue weighted by atomic mass is 9.68. The molecular weight excluding hydrogens is 464 g/mol. The molecule has 0 aliphatic heterocycles. The summed E-state index contributed by atoms with van der Waals surface area (Å²) in [5, 5.41) is 0. The van der Waals surface area contributed by atoms with Gasteiger partial charge in [0.1, 0.15) is 6.10 Å². The molecule has 3 aliphatic rings. The number of esters is 2. The third-order valence-corrected chi connectivity index (χ3v) is 9.53. The van der Waals surface area contributed by atoms with E-state index in [-0.39, 0.29) is 30.9 Å². The third kappa shape index (κ3) is 10.7. The van der Waals surface area contributed by atoms with E-state index in [1.54, 1.807) is 0 Å². The van der Waals surface area contributed by atoms with Crippen molar-refractivity contribution in [3.63, 3.8) is 0 Å². The highest BCUT2D eigenvalue weighted by atomic mass is 16.7. The van der Waals surface area contributed by atoms with Gasteiger partial charge >= 0.3 is 11.9 Å². The van der Waals surface area contributed by atoms with Crippen molar-refractivity contribution < 1.29 is 23.8 Å². The van der Waals surface area contributed by atoms with Crippen LogP contribution in [0.1, 0.15) is 129 Å². The monoisotopic (exact) mass is 518 g/mol. The van der Waals surface area contributed by atoms with Crippen LogP contribution < -0.4 is 0 Å². The zero-order valence-electron chi connectivity index (χ0n) is 23.8. The molecule has 0 spiro atoms. The number of hydrogen-bond acceptors (Lipinski definition) is 5. The Hall–Kier alpha value is -1.36. The lowest BCUT2D eigenvalue weighted by Gasteiger charge is -2.38. The molecule has 3 aliphatic carbocycles. The maximum absolute atomic E-state index is 12.8. The van der Waals surface area contributed by atoms with Gasteiger partial charge in [-0.05, 0) is 94.3 Å². The van der Waals surface area contributed by atoms with Crippen molar-refractivity contribution in [2.75, 3.05) is 6.79 Å². The summed E-state index contributed by atoms with van der Waals surface area (Å²) in [4.78, 5) is 23.9. The topological polar surface area (TPSA) is 61.8 Å². The van der Waals surface area contributed by atoms with Gasteiger partial charge in [-0.25, -0.2) is 4.79 Å². The number of hydrogen-bond donors (Lipinski definition) is 0. The fraction of sp³-hybridized carbons (Fsp3) is 0.875. The van der Waals surface area contributed by atoms with E-state index in [9.17, 15) is 9.59 Å². The molecule has 0 N–H and O–H groups in total. The fourth-order valence-electron chi connectivity index (χ4n) is 7.15. The Bertz CT molecular complexity index is 667. The van der Waals surface area contributed by atoms with Crippen molar-refractivity contribution >= 4 is 11.9 Å². The predicted octanol–water partition coefficient (Wildman–Crippen LogP) is 8.15. The second kappa shape index (κ2) is 16.6. The Morgan fingerprint density at radius 1 is 0.838 bits per heavy atom. The highest BCUT2D eigenvalue weighted by Crippen LogP contribution is 2.43. The summed E-state index contributed by atoms with van der Waals surface area (Å²) in [5.74, 6) is 3.19. The molecule has 5 nitrogen and oxygen atoms in total. The van der Waals surface area contributed by atoms with Crippen LogP contribution in [0.2, 0.25) is 0 Å². The van der Waals surface area contributed by atoms with Gasteiger partial charge in [0.15, 0.2) is 6.79 Å². The van der Waals surface area contributed by atoms with Crippen molar-refractivity contribution in [2.24, 2.45) is 29.6 Å². The van der Waals surface area contributed by atoms with Crippen molar-refractivity contribution in [1.29, 1.82) is 0 Å². The van der Waals surface area contributed by atoms with Gasteiger partial charge in [0.2, 0.25) is 0 Å². The van der Waals surface area contributed by atoms with Gasteiger partial charge in [-0.15, -0.1) is 0 Å². The number of carbonyl (C=O) groups excluding carboxylic acids is 2. The highest BCUT2D eigenvalue weighted by Gasteiger charge is 2.35. The molecule has 0 saturated heterocycles. The van der Waals surface area contributed by atoms with Crippen LogP contribution in [-0.4, -0.2) is 30.9 Å². The molecule has 3 fully saturated rings. The highest BCUT2D eigenvalue weighted by molar-refractivity contribution is 5.81. The van der Waals surface area contributed by atoms with E-state index < -0.39 is 5.97 Å². The molecule has 0 aromatic carbocycles. The van der Waals surface area contributed by atoms with Crippen molar-refractivity contribution in [2.45, 2.75) is 142 Å². The lowest BCUT2D eigenvalue weighted by Crippen LogP contribution is -2.33. The summed E-state index contributed by atoms with van der Waals surface area (Å²) in [5.41, 5.74) is 0. The maximum Gasteiger partial charge on any atom is 0.332 e. The van der Waals surface area contributed by atoms with E-state index in [2.05, 4.69) is 20.4 Å². The molecule has 0 aromatic rings. The van der Waals surface area contributed by atoms with E-state index >= 15 is 0 Å². The molecule has 0 heterocycles. The van der Waals surface area contributed by atoms with Crippen molar-refractivity contribution in [1.82, 2.24) is 0 Å². The standard InChI is InChI=1S/C32H54O5/c1-4-6-7-8-9-24(3)22-25-10-12-26(13-11-25)27-14-16-28(17-15-27)32(34)37-30-20-18-29(19-21-30)35-23-36-31(33)5-2/h5,24-30H,2,4,6-23H2,1,3H3. The number of ether oxygens (including phenoxy) is 3. The zero-order valence-corrected chi connectivity index (χ0v) is 23.8. The quantitative estimate of drug-likeness (QED) is 0.100. The van der Waals surface area contributed by atoms with Gasteiger partial charge in [0.05, 0.1) is 12.0 Å². The summed E-state index contributed by atoms with van der Waals surface area (Å²) in [6.07, 6.45) is 23.0. The predicted molar refractivity (Wildman–Crippen MR) is 148 cm³/mol. The largest absolute Gasteiger partial charge is 0.462 e. The SMILES string of the molecule is C=CC(=O)OCOC1CCC(OC(=O)C2CCC(C3CCC(CC(C)CCCCCC)CC3)CC2)CC1. The summed E-state index contributed by atoms with van der Waals surface area (Å²) in [6, 6.07) is 0. The summed E-state index contributed by atoms with van der Waals surface area (Å²) in [7, 11) is 0. The molecule has 0 amide bonds. The molecule has 5 heteroatoms. The molecule has 0 radical (unpaired) electrons. The van der Waals surface area contributed by atoms with Crippen LogP contribution in [0, 0.1) is 29.6 Å². The molecule has 1 atom stereocenters. The maximum atomic E-state index is 12.8. The molecule has 3 rings (SSSR count). The van der Waals surface area contributed by atoms with Crippen LogP contribution in [0.4, 0.5) is 0 Å². The average molecular weight is 519 g/mol. The second-order valence-electron chi connectivity index (χ2n) is 12.4. The van der Waals surface area contributed by atoms with Crippen LogP contribution in [-0.2, 0) is 23.8 Å². The van der Waals surface area contributed by atoms with Crippen LogP contribution in [0.3, 0.4) is 0 Å². The smallest absolute Gasteiger partial charge is 0.332 e. The first-order valence-corrected chi connectivity index (χ1v) is 15.6.